The standard InChI is InChI=1S/C12H14O5/c1-2-3-4-17-12(16)9-5-8(11(14)15)6-10(13)7-9/h5-7,13H,2-4H2,1H3,(H,14,15). The van der Waals surface area contributed by atoms with Crippen molar-refractivity contribution in [3.8, 4) is 5.75 Å². The number of carbonyl (C=O) groups is 2. The predicted molar refractivity (Wildman–Crippen MR) is 60.3 cm³/mol. The molecule has 5 heteroatoms. The number of carbonyl (C=O) groups excluding carboxylic acids is 1. The van der Waals surface area contributed by atoms with Gasteiger partial charge in [0, 0.05) is 0 Å². The molecule has 1 aromatic rings. The number of phenolic OH excluding ortho intramolecular Hbond substituents is 1. The summed E-state index contributed by atoms with van der Waals surface area (Å²) in [5, 5.41) is 18.1. The minimum atomic E-state index is -1.21. The number of phenols is 1. The first-order valence-electron chi connectivity index (χ1n) is 5.29. The molecule has 0 heterocycles. The van der Waals surface area contributed by atoms with Crippen LogP contribution in [0.15, 0.2) is 18.2 Å². The lowest BCUT2D eigenvalue weighted by molar-refractivity contribution is 0.0499. The van der Waals surface area contributed by atoms with Crippen molar-refractivity contribution in [2.45, 2.75) is 19.8 Å². The van der Waals surface area contributed by atoms with Crippen LogP contribution in [0.25, 0.3) is 0 Å². The molecule has 2 N–H and O–H groups in total. The number of aromatic carboxylic acids is 1. The first kappa shape index (κ1) is 13.0. The second-order valence-corrected chi connectivity index (χ2v) is 3.56. The van der Waals surface area contributed by atoms with Crippen molar-refractivity contribution in [2.75, 3.05) is 6.61 Å². The minimum Gasteiger partial charge on any atom is -0.508 e. The molecular formula is C12H14O5. The zero-order valence-corrected chi connectivity index (χ0v) is 9.47. The molecule has 0 amide bonds. The van der Waals surface area contributed by atoms with Crippen LogP contribution in [0.1, 0.15) is 40.5 Å². The summed E-state index contributed by atoms with van der Waals surface area (Å²) in [6.07, 6.45) is 1.64. The fourth-order valence-electron chi connectivity index (χ4n) is 1.25. The Kier molecular flexibility index (Phi) is 4.51. The molecule has 92 valence electrons. The average Bonchev–Trinajstić information content (AvgIpc) is 2.28. The molecule has 0 aliphatic carbocycles. The molecule has 0 aliphatic heterocycles. The van der Waals surface area contributed by atoms with Gasteiger partial charge in [0.1, 0.15) is 5.75 Å². The lowest BCUT2D eigenvalue weighted by atomic mass is 10.1. The first-order chi connectivity index (χ1) is 8.04. The second-order valence-electron chi connectivity index (χ2n) is 3.56. The van der Waals surface area contributed by atoms with Gasteiger partial charge in [-0.1, -0.05) is 13.3 Å². The number of esters is 1. The highest BCUT2D eigenvalue weighted by atomic mass is 16.5. The van der Waals surface area contributed by atoms with E-state index >= 15 is 0 Å². The maximum absolute atomic E-state index is 11.5. The molecule has 0 saturated heterocycles. The van der Waals surface area contributed by atoms with Crippen molar-refractivity contribution in [3.63, 3.8) is 0 Å². The zero-order valence-electron chi connectivity index (χ0n) is 9.47. The SMILES string of the molecule is CCCCOC(=O)c1cc(O)cc(C(=O)O)c1. The monoisotopic (exact) mass is 238 g/mol. The third-order valence-corrected chi connectivity index (χ3v) is 2.13. The molecule has 1 aromatic carbocycles. The Balaban J connectivity index is 2.82. The average molecular weight is 238 g/mol. The largest absolute Gasteiger partial charge is 0.508 e. The van der Waals surface area contributed by atoms with Crippen molar-refractivity contribution < 1.29 is 24.5 Å². The van der Waals surface area contributed by atoms with Gasteiger partial charge in [-0.3, -0.25) is 0 Å². The Morgan fingerprint density at radius 2 is 1.88 bits per heavy atom. The molecule has 0 atom stereocenters. The Morgan fingerprint density at radius 1 is 1.24 bits per heavy atom. The Bertz CT molecular complexity index is 425. The van der Waals surface area contributed by atoms with Gasteiger partial charge in [-0.25, -0.2) is 9.59 Å². The van der Waals surface area contributed by atoms with Crippen molar-refractivity contribution in [1.82, 2.24) is 0 Å². The van der Waals surface area contributed by atoms with E-state index in [1.165, 1.54) is 12.1 Å². The number of benzene rings is 1. The van der Waals surface area contributed by atoms with Gasteiger partial charge in [0.25, 0.3) is 0 Å². The van der Waals surface area contributed by atoms with E-state index in [0.29, 0.717) is 0 Å². The summed E-state index contributed by atoms with van der Waals surface area (Å²) >= 11 is 0. The van der Waals surface area contributed by atoms with Crippen LogP contribution >= 0.6 is 0 Å². The summed E-state index contributed by atoms with van der Waals surface area (Å²) in [6.45, 7) is 2.25. The third kappa shape index (κ3) is 3.79. The highest BCUT2D eigenvalue weighted by Crippen LogP contribution is 2.16. The fraction of sp³-hybridized carbons (Fsp3) is 0.333. The van der Waals surface area contributed by atoms with Crippen LogP contribution in [0.3, 0.4) is 0 Å². The second kappa shape index (κ2) is 5.89. The van der Waals surface area contributed by atoms with Gasteiger partial charge in [0.05, 0.1) is 17.7 Å². The number of hydrogen-bond acceptors (Lipinski definition) is 4. The number of rotatable bonds is 5. The van der Waals surface area contributed by atoms with Crippen molar-refractivity contribution >= 4 is 11.9 Å². The van der Waals surface area contributed by atoms with E-state index < -0.39 is 11.9 Å². The third-order valence-electron chi connectivity index (χ3n) is 2.13. The Labute approximate surface area is 98.6 Å². The fourth-order valence-corrected chi connectivity index (χ4v) is 1.25. The highest BCUT2D eigenvalue weighted by Gasteiger charge is 2.12. The first-order valence-corrected chi connectivity index (χ1v) is 5.29. The molecule has 0 aliphatic rings. The lowest BCUT2D eigenvalue weighted by Crippen LogP contribution is -2.08. The predicted octanol–water partition coefficient (Wildman–Crippen LogP) is 2.05. The molecule has 0 saturated carbocycles. The van der Waals surface area contributed by atoms with Gasteiger partial charge in [0.15, 0.2) is 0 Å². The van der Waals surface area contributed by atoms with Gasteiger partial charge in [-0.05, 0) is 24.6 Å². The number of carboxylic acid groups (broad SMARTS) is 1. The topological polar surface area (TPSA) is 83.8 Å². The molecule has 0 fully saturated rings. The van der Waals surface area contributed by atoms with Gasteiger partial charge < -0.3 is 14.9 Å². The number of hydrogen-bond donors (Lipinski definition) is 2. The van der Waals surface area contributed by atoms with Crippen LogP contribution < -0.4 is 0 Å². The van der Waals surface area contributed by atoms with E-state index in [2.05, 4.69) is 0 Å². The van der Waals surface area contributed by atoms with Crippen molar-refractivity contribution in [1.29, 1.82) is 0 Å². The summed E-state index contributed by atoms with van der Waals surface area (Å²) in [6, 6.07) is 3.43. The molecule has 0 radical (unpaired) electrons. The lowest BCUT2D eigenvalue weighted by Gasteiger charge is -2.05. The quantitative estimate of drug-likeness (QED) is 0.605. The molecule has 17 heavy (non-hydrogen) atoms. The van der Waals surface area contributed by atoms with E-state index in [1.807, 2.05) is 6.92 Å². The van der Waals surface area contributed by atoms with E-state index in [9.17, 15) is 14.7 Å². The summed E-state index contributed by atoms with van der Waals surface area (Å²) in [5.41, 5.74) is -0.106. The highest BCUT2D eigenvalue weighted by molar-refractivity contribution is 5.95. The Hall–Kier alpha value is -2.04. The number of unbranched alkanes of at least 4 members (excludes halogenated alkanes) is 1. The van der Waals surface area contributed by atoms with E-state index in [1.54, 1.807) is 0 Å². The normalized spacial score (nSPS) is 9.94. The van der Waals surface area contributed by atoms with Crippen LogP contribution in [0, 0.1) is 0 Å². The molecule has 0 spiro atoms. The van der Waals surface area contributed by atoms with E-state index in [0.717, 1.165) is 18.9 Å². The molecule has 0 bridgehead atoms. The van der Waals surface area contributed by atoms with Crippen LogP contribution in [0.2, 0.25) is 0 Å². The molecular weight excluding hydrogens is 224 g/mol. The van der Waals surface area contributed by atoms with E-state index in [-0.39, 0.29) is 23.5 Å². The van der Waals surface area contributed by atoms with Crippen LogP contribution in [-0.4, -0.2) is 28.8 Å². The maximum atomic E-state index is 11.5. The summed E-state index contributed by atoms with van der Waals surface area (Å²) in [7, 11) is 0. The van der Waals surface area contributed by atoms with Crippen LogP contribution in [0.4, 0.5) is 0 Å². The summed E-state index contributed by atoms with van der Waals surface area (Å²) < 4.78 is 4.92. The number of ether oxygens (including phenoxy) is 1. The maximum Gasteiger partial charge on any atom is 0.338 e. The van der Waals surface area contributed by atoms with Crippen molar-refractivity contribution in [2.24, 2.45) is 0 Å². The number of carboxylic acids is 1. The van der Waals surface area contributed by atoms with Gasteiger partial charge in [0.2, 0.25) is 0 Å². The summed E-state index contributed by atoms with van der Waals surface area (Å²) in [4.78, 5) is 22.2. The smallest absolute Gasteiger partial charge is 0.338 e. The van der Waals surface area contributed by atoms with Crippen LogP contribution in [-0.2, 0) is 4.74 Å². The van der Waals surface area contributed by atoms with Gasteiger partial charge in [-0.2, -0.15) is 0 Å². The Morgan fingerprint density at radius 3 is 2.47 bits per heavy atom. The zero-order chi connectivity index (χ0) is 12.8. The summed E-state index contributed by atoms with van der Waals surface area (Å²) in [5.74, 6) is -2.10. The van der Waals surface area contributed by atoms with Gasteiger partial charge in [-0.15, -0.1) is 0 Å². The molecule has 5 nitrogen and oxygen atoms in total. The molecule has 0 unspecified atom stereocenters. The molecule has 1 rings (SSSR count). The van der Waals surface area contributed by atoms with Crippen molar-refractivity contribution in [3.05, 3.63) is 29.3 Å². The number of aromatic hydroxyl groups is 1. The minimum absolute atomic E-state index is 0.0403. The molecule has 0 aromatic heterocycles. The van der Waals surface area contributed by atoms with Gasteiger partial charge >= 0.3 is 11.9 Å². The van der Waals surface area contributed by atoms with Crippen LogP contribution in [0.5, 0.6) is 5.75 Å². The van der Waals surface area contributed by atoms with E-state index in [4.69, 9.17) is 9.84 Å².